The Labute approximate surface area is 147 Å². The average Bonchev–Trinajstić information content (AvgIpc) is 2.68. The molecule has 0 atom stereocenters. The highest BCUT2D eigenvalue weighted by molar-refractivity contribution is 5.82. The summed E-state index contributed by atoms with van der Waals surface area (Å²) in [4.78, 5) is 18.2. The van der Waals surface area contributed by atoms with Crippen molar-refractivity contribution in [3.05, 3.63) is 58.8 Å². The van der Waals surface area contributed by atoms with Crippen LogP contribution in [0.3, 0.4) is 0 Å². The van der Waals surface area contributed by atoms with Crippen molar-refractivity contribution in [2.75, 3.05) is 25.1 Å². The highest BCUT2D eigenvalue weighted by atomic mass is 16.5. The number of anilines is 1. The minimum absolute atomic E-state index is 0.0199. The van der Waals surface area contributed by atoms with E-state index in [2.05, 4.69) is 34.1 Å². The van der Waals surface area contributed by atoms with Gasteiger partial charge in [-0.05, 0) is 49.1 Å². The number of rotatable bonds is 3. The van der Waals surface area contributed by atoms with E-state index in [1.54, 1.807) is 19.2 Å². The van der Waals surface area contributed by atoms with Crippen LogP contribution in [0.1, 0.15) is 19.3 Å². The predicted octanol–water partition coefficient (Wildman–Crippen LogP) is 4.19. The second kappa shape index (κ2) is 6.63. The molecule has 128 valence electrons. The number of pyridine rings is 1. The minimum Gasteiger partial charge on any atom is -0.497 e. The Hall–Kier alpha value is -2.75. The fourth-order valence-corrected chi connectivity index (χ4v) is 3.52. The van der Waals surface area contributed by atoms with Gasteiger partial charge in [-0.25, -0.2) is 0 Å². The van der Waals surface area contributed by atoms with Gasteiger partial charge in [-0.1, -0.05) is 12.1 Å². The van der Waals surface area contributed by atoms with Gasteiger partial charge in [0.2, 0.25) is 0 Å². The van der Waals surface area contributed by atoms with Gasteiger partial charge in [-0.15, -0.1) is 0 Å². The molecule has 0 bridgehead atoms. The van der Waals surface area contributed by atoms with E-state index in [0.717, 1.165) is 35.6 Å². The van der Waals surface area contributed by atoms with Crippen LogP contribution >= 0.6 is 0 Å². The van der Waals surface area contributed by atoms with Crippen LogP contribution in [-0.2, 0) is 0 Å². The largest absolute Gasteiger partial charge is 0.497 e. The summed E-state index contributed by atoms with van der Waals surface area (Å²) in [6, 6.07) is 15.6. The number of aromatic nitrogens is 1. The number of hydrogen-bond acceptors (Lipinski definition) is 3. The van der Waals surface area contributed by atoms with E-state index in [0.29, 0.717) is 5.39 Å². The number of H-pyrrole nitrogens is 1. The third-order valence-electron chi connectivity index (χ3n) is 4.94. The first-order chi connectivity index (χ1) is 12.2. The molecule has 1 aliphatic rings. The van der Waals surface area contributed by atoms with Gasteiger partial charge in [-0.2, -0.15) is 0 Å². The van der Waals surface area contributed by atoms with Gasteiger partial charge in [-0.3, -0.25) is 4.79 Å². The van der Waals surface area contributed by atoms with Crippen molar-refractivity contribution < 1.29 is 4.74 Å². The first-order valence-electron chi connectivity index (χ1n) is 8.81. The van der Waals surface area contributed by atoms with Gasteiger partial charge >= 0.3 is 0 Å². The van der Waals surface area contributed by atoms with Crippen LogP contribution in [0.4, 0.5) is 5.69 Å². The Bertz CT molecular complexity index is 938. The lowest BCUT2D eigenvalue weighted by Gasteiger charge is -2.28. The van der Waals surface area contributed by atoms with E-state index in [1.807, 2.05) is 12.1 Å². The van der Waals surface area contributed by atoms with E-state index >= 15 is 0 Å². The smallest absolute Gasteiger partial charge is 0.190 e. The Morgan fingerprint density at radius 1 is 0.960 bits per heavy atom. The lowest BCUT2D eigenvalue weighted by atomic mass is 10.1. The molecule has 4 heteroatoms. The maximum Gasteiger partial charge on any atom is 0.190 e. The van der Waals surface area contributed by atoms with Gasteiger partial charge in [0.1, 0.15) is 5.75 Å². The summed E-state index contributed by atoms with van der Waals surface area (Å²) in [6.07, 6.45) is 3.86. The summed E-state index contributed by atoms with van der Waals surface area (Å²) < 4.78 is 5.26. The topological polar surface area (TPSA) is 45.3 Å². The summed E-state index contributed by atoms with van der Waals surface area (Å²) in [5.74, 6) is 0.737. The fourth-order valence-electron chi connectivity index (χ4n) is 3.52. The van der Waals surface area contributed by atoms with Gasteiger partial charge < -0.3 is 14.6 Å². The van der Waals surface area contributed by atoms with Crippen molar-refractivity contribution in [3.63, 3.8) is 0 Å². The molecule has 2 heterocycles. The molecule has 1 N–H and O–H groups in total. The molecule has 0 saturated carbocycles. The Balaban J connectivity index is 1.70. The Morgan fingerprint density at radius 2 is 1.72 bits per heavy atom. The average molecular weight is 334 g/mol. The maximum absolute atomic E-state index is 12.4. The number of nitrogens with zero attached hydrogens (tertiary/aromatic N) is 1. The zero-order chi connectivity index (χ0) is 17.2. The van der Waals surface area contributed by atoms with Gasteiger partial charge in [0, 0.05) is 42.0 Å². The van der Waals surface area contributed by atoms with E-state index in [-0.39, 0.29) is 5.43 Å². The van der Waals surface area contributed by atoms with Crippen molar-refractivity contribution >= 4 is 16.6 Å². The first kappa shape index (κ1) is 15.8. The van der Waals surface area contributed by atoms with Crippen LogP contribution in [-0.4, -0.2) is 25.2 Å². The predicted molar refractivity (Wildman–Crippen MR) is 103 cm³/mol. The molecule has 4 rings (SSSR count). The molecule has 2 aromatic carbocycles. The Kier molecular flexibility index (Phi) is 4.18. The van der Waals surface area contributed by atoms with Gasteiger partial charge in [0.05, 0.1) is 12.6 Å². The van der Waals surface area contributed by atoms with Crippen LogP contribution in [0.2, 0.25) is 0 Å². The zero-order valence-corrected chi connectivity index (χ0v) is 14.4. The zero-order valence-electron chi connectivity index (χ0n) is 14.4. The quantitative estimate of drug-likeness (QED) is 0.781. The van der Waals surface area contributed by atoms with E-state index in [9.17, 15) is 4.79 Å². The number of hydrogen-bond donors (Lipinski definition) is 1. The second-order valence-corrected chi connectivity index (χ2v) is 6.55. The molecular formula is C21H22N2O2. The number of piperidine rings is 1. The molecule has 0 spiro atoms. The van der Waals surface area contributed by atoms with E-state index < -0.39 is 0 Å². The molecule has 0 radical (unpaired) electrons. The summed E-state index contributed by atoms with van der Waals surface area (Å²) in [5.41, 5.74) is 3.92. The SMILES string of the molecule is COc1ccc2c(=O)cc(-c3ccc(N4CCCCC4)cc3)[nH]c2c1. The van der Waals surface area contributed by atoms with Crippen LogP contribution in [0.5, 0.6) is 5.75 Å². The lowest BCUT2D eigenvalue weighted by Crippen LogP contribution is -2.29. The van der Waals surface area contributed by atoms with E-state index in [4.69, 9.17) is 4.74 Å². The summed E-state index contributed by atoms with van der Waals surface area (Å²) in [6.45, 7) is 2.26. The number of ether oxygens (including phenoxy) is 1. The van der Waals surface area contributed by atoms with Crippen LogP contribution in [0, 0.1) is 0 Å². The van der Waals surface area contributed by atoms with E-state index in [1.165, 1.54) is 24.9 Å². The number of nitrogens with one attached hydrogen (secondary N) is 1. The Morgan fingerprint density at radius 3 is 2.44 bits per heavy atom. The number of benzene rings is 2. The lowest BCUT2D eigenvalue weighted by molar-refractivity contribution is 0.415. The van der Waals surface area contributed by atoms with Crippen molar-refractivity contribution in [2.45, 2.75) is 19.3 Å². The van der Waals surface area contributed by atoms with Crippen molar-refractivity contribution in [1.29, 1.82) is 0 Å². The molecule has 0 amide bonds. The van der Waals surface area contributed by atoms with Crippen LogP contribution in [0.15, 0.2) is 53.3 Å². The molecule has 1 aliphatic heterocycles. The minimum atomic E-state index is 0.0199. The van der Waals surface area contributed by atoms with Crippen molar-refractivity contribution in [2.24, 2.45) is 0 Å². The molecule has 1 fully saturated rings. The van der Waals surface area contributed by atoms with Crippen LogP contribution < -0.4 is 15.1 Å². The molecule has 3 aromatic rings. The molecule has 1 saturated heterocycles. The highest BCUT2D eigenvalue weighted by Gasteiger charge is 2.11. The summed E-state index contributed by atoms with van der Waals surface area (Å²) >= 11 is 0. The molecular weight excluding hydrogens is 312 g/mol. The number of methoxy groups -OCH3 is 1. The van der Waals surface area contributed by atoms with Gasteiger partial charge in [0.25, 0.3) is 0 Å². The van der Waals surface area contributed by atoms with Crippen molar-refractivity contribution in [3.8, 4) is 17.0 Å². The molecule has 25 heavy (non-hydrogen) atoms. The highest BCUT2D eigenvalue weighted by Crippen LogP contribution is 2.25. The third kappa shape index (κ3) is 3.12. The molecule has 0 aliphatic carbocycles. The standard InChI is InChI=1S/C21H22N2O2/c1-25-17-9-10-18-20(13-17)22-19(14-21(18)24)15-5-7-16(8-6-15)23-11-3-2-4-12-23/h5-10,13-14H,2-4,11-12H2,1H3,(H,22,24). The monoisotopic (exact) mass is 334 g/mol. The molecule has 4 nitrogen and oxygen atoms in total. The van der Waals surface area contributed by atoms with Crippen molar-refractivity contribution in [1.82, 2.24) is 4.98 Å². The number of aromatic amines is 1. The van der Waals surface area contributed by atoms with Crippen LogP contribution in [0.25, 0.3) is 22.2 Å². The normalized spacial score (nSPS) is 14.7. The van der Waals surface area contributed by atoms with Gasteiger partial charge in [0.15, 0.2) is 5.43 Å². The summed E-state index contributed by atoms with van der Waals surface area (Å²) in [7, 11) is 1.63. The first-order valence-corrected chi connectivity index (χ1v) is 8.81. The summed E-state index contributed by atoms with van der Waals surface area (Å²) in [5, 5.41) is 0.675. The second-order valence-electron chi connectivity index (χ2n) is 6.55. The number of fused-ring (bicyclic) bond motifs is 1. The third-order valence-corrected chi connectivity index (χ3v) is 4.94. The molecule has 0 unspecified atom stereocenters. The fraction of sp³-hybridized carbons (Fsp3) is 0.286. The maximum atomic E-state index is 12.4. The molecule has 1 aromatic heterocycles.